The highest BCUT2D eigenvalue weighted by Gasteiger charge is 2.20. The third-order valence-electron chi connectivity index (χ3n) is 2.85. The first-order valence-electron chi connectivity index (χ1n) is 5.78. The zero-order valence-corrected chi connectivity index (χ0v) is 9.95. The van der Waals surface area contributed by atoms with Crippen molar-refractivity contribution >= 4 is 6.03 Å². The summed E-state index contributed by atoms with van der Waals surface area (Å²) in [6.07, 6.45) is 0.980. The molecule has 88 valence electrons. The molecule has 0 aromatic carbocycles. The average molecular weight is 214 g/mol. The number of hydrogen-bond acceptors (Lipinski definition) is 2. The van der Waals surface area contributed by atoms with E-state index in [2.05, 4.69) is 26.1 Å². The van der Waals surface area contributed by atoms with Gasteiger partial charge >= 0.3 is 6.03 Å². The molecular formula is C11H22N2O2. The van der Waals surface area contributed by atoms with Gasteiger partial charge in [-0.15, -0.1) is 0 Å². The van der Waals surface area contributed by atoms with Crippen molar-refractivity contribution in [1.82, 2.24) is 10.2 Å². The number of amides is 2. The van der Waals surface area contributed by atoms with E-state index in [1.165, 1.54) is 0 Å². The normalized spacial score (nSPS) is 19.1. The van der Waals surface area contributed by atoms with Crippen LogP contribution in [0.15, 0.2) is 0 Å². The van der Waals surface area contributed by atoms with E-state index in [0.29, 0.717) is 32.2 Å². The monoisotopic (exact) mass is 214 g/mol. The number of morpholine rings is 1. The Hall–Kier alpha value is -0.770. The fraction of sp³-hybridized carbons (Fsp3) is 0.909. The van der Waals surface area contributed by atoms with Gasteiger partial charge in [0.15, 0.2) is 0 Å². The maximum Gasteiger partial charge on any atom is 0.317 e. The van der Waals surface area contributed by atoms with Crippen LogP contribution in [0.3, 0.4) is 0 Å². The summed E-state index contributed by atoms with van der Waals surface area (Å²) in [6.45, 7) is 9.10. The van der Waals surface area contributed by atoms with Crippen LogP contribution in [0.25, 0.3) is 0 Å². The number of urea groups is 1. The van der Waals surface area contributed by atoms with E-state index < -0.39 is 0 Å². The zero-order chi connectivity index (χ0) is 11.3. The van der Waals surface area contributed by atoms with Crippen LogP contribution in [-0.4, -0.2) is 43.3 Å². The van der Waals surface area contributed by atoms with E-state index in [1.807, 2.05) is 4.90 Å². The molecule has 0 aliphatic carbocycles. The number of hydrogen-bond donors (Lipinski definition) is 1. The van der Waals surface area contributed by atoms with Crippen LogP contribution in [0.4, 0.5) is 4.79 Å². The first kappa shape index (κ1) is 12.3. The average Bonchev–Trinajstić information content (AvgIpc) is 2.26. The summed E-state index contributed by atoms with van der Waals surface area (Å²) in [5, 5.41) is 3.07. The molecule has 1 unspecified atom stereocenters. The Labute approximate surface area is 92.0 Å². The second-order valence-corrected chi connectivity index (χ2v) is 4.31. The Morgan fingerprint density at radius 1 is 1.40 bits per heavy atom. The Balaban J connectivity index is 2.38. The summed E-state index contributed by atoms with van der Waals surface area (Å²) in [6, 6.07) is 0.333. The predicted molar refractivity (Wildman–Crippen MR) is 59.8 cm³/mol. The van der Waals surface area contributed by atoms with Crippen LogP contribution in [0, 0.1) is 5.92 Å². The lowest BCUT2D eigenvalue weighted by molar-refractivity contribution is 0.0520. The maximum absolute atomic E-state index is 11.8. The van der Waals surface area contributed by atoms with E-state index >= 15 is 0 Å². The molecule has 0 saturated carbocycles. The second kappa shape index (κ2) is 5.95. The smallest absolute Gasteiger partial charge is 0.317 e. The van der Waals surface area contributed by atoms with Crippen LogP contribution in [0.2, 0.25) is 0 Å². The molecule has 1 rings (SSSR count). The maximum atomic E-state index is 11.8. The highest BCUT2D eigenvalue weighted by Crippen LogP contribution is 2.06. The molecule has 1 aliphatic rings. The standard InChI is InChI=1S/C11H22N2O2/c1-4-10(9(2)3)12-11(14)13-5-7-15-8-6-13/h9-10H,4-8H2,1-3H3,(H,12,14). The highest BCUT2D eigenvalue weighted by atomic mass is 16.5. The Kier molecular flexibility index (Phi) is 4.88. The van der Waals surface area contributed by atoms with Gasteiger partial charge in [-0.05, 0) is 12.3 Å². The molecule has 0 aromatic rings. The molecule has 1 fully saturated rings. The van der Waals surface area contributed by atoms with Crippen molar-refractivity contribution in [2.75, 3.05) is 26.3 Å². The first-order chi connectivity index (χ1) is 7.15. The SMILES string of the molecule is CCC(NC(=O)N1CCOCC1)C(C)C. The van der Waals surface area contributed by atoms with Crippen molar-refractivity contribution in [1.29, 1.82) is 0 Å². The van der Waals surface area contributed by atoms with E-state index in [1.54, 1.807) is 0 Å². The van der Waals surface area contributed by atoms with Crippen molar-refractivity contribution in [2.24, 2.45) is 5.92 Å². The lowest BCUT2D eigenvalue weighted by Crippen LogP contribution is -2.50. The first-order valence-corrected chi connectivity index (χ1v) is 5.78. The van der Waals surface area contributed by atoms with Gasteiger partial charge in [0.2, 0.25) is 0 Å². The number of rotatable bonds is 3. The summed E-state index contributed by atoms with van der Waals surface area (Å²) < 4.78 is 5.21. The van der Waals surface area contributed by atoms with Crippen molar-refractivity contribution < 1.29 is 9.53 Å². The third-order valence-corrected chi connectivity index (χ3v) is 2.85. The number of nitrogens with one attached hydrogen (secondary N) is 1. The lowest BCUT2D eigenvalue weighted by Gasteiger charge is -2.30. The number of nitrogens with zero attached hydrogens (tertiary/aromatic N) is 1. The van der Waals surface area contributed by atoms with Crippen molar-refractivity contribution in [3.63, 3.8) is 0 Å². The molecule has 1 saturated heterocycles. The van der Waals surface area contributed by atoms with Crippen molar-refractivity contribution in [3.8, 4) is 0 Å². The van der Waals surface area contributed by atoms with Crippen molar-refractivity contribution in [2.45, 2.75) is 33.2 Å². The molecule has 2 amide bonds. The molecule has 1 aliphatic heterocycles. The molecule has 4 heteroatoms. The van der Waals surface area contributed by atoms with Crippen LogP contribution in [0.1, 0.15) is 27.2 Å². The van der Waals surface area contributed by atoms with Gasteiger partial charge in [-0.25, -0.2) is 4.79 Å². The zero-order valence-electron chi connectivity index (χ0n) is 9.95. The number of carbonyl (C=O) groups excluding carboxylic acids is 1. The topological polar surface area (TPSA) is 41.6 Å². The third kappa shape index (κ3) is 3.70. The summed E-state index contributed by atoms with van der Waals surface area (Å²) >= 11 is 0. The van der Waals surface area contributed by atoms with Gasteiger partial charge in [-0.3, -0.25) is 0 Å². The Bertz CT molecular complexity index is 201. The molecule has 1 atom stereocenters. The van der Waals surface area contributed by atoms with Crippen LogP contribution < -0.4 is 5.32 Å². The number of ether oxygens (including phenoxy) is 1. The molecular weight excluding hydrogens is 192 g/mol. The van der Waals surface area contributed by atoms with E-state index in [-0.39, 0.29) is 12.1 Å². The summed E-state index contributed by atoms with van der Waals surface area (Å²) in [5.41, 5.74) is 0. The number of carbonyl (C=O) groups is 1. The van der Waals surface area contributed by atoms with Crippen LogP contribution in [-0.2, 0) is 4.74 Å². The Morgan fingerprint density at radius 3 is 2.47 bits per heavy atom. The quantitative estimate of drug-likeness (QED) is 0.773. The minimum atomic E-state index is 0.0545. The van der Waals surface area contributed by atoms with Gasteiger partial charge in [-0.2, -0.15) is 0 Å². The molecule has 4 nitrogen and oxygen atoms in total. The minimum Gasteiger partial charge on any atom is -0.378 e. The van der Waals surface area contributed by atoms with Crippen LogP contribution in [0.5, 0.6) is 0 Å². The molecule has 1 N–H and O–H groups in total. The molecule has 15 heavy (non-hydrogen) atoms. The predicted octanol–water partition coefficient (Wildman–Crippen LogP) is 1.46. The molecule has 0 aromatic heterocycles. The molecule has 1 heterocycles. The summed E-state index contributed by atoms with van der Waals surface area (Å²) in [5.74, 6) is 0.486. The van der Waals surface area contributed by atoms with E-state index in [4.69, 9.17) is 4.74 Å². The van der Waals surface area contributed by atoms with Gasteiger partial charge in [0.25, 0.3) is 0 Å². The highest BCUT2D eigenvalue weighted by molar-refractivity contribution is 5.74. The minimum absolute atomic E-state index is 0.0545. The van der Waals surface area contributed by atoms with E-state index in [0.717, 1.165) is 6.42 Å². The van der Waals surface area contributed by atoms with Gasteiger partial charge in [0, 0.05) is 19.1 Å². The van der Waals surface area contributed by atoms with Crippen LogP contribution >= 0.6 is 0 Å². The van der Waals surface area contributed by atoms with Gasteiger partial charge in [-0.1, -0.05) is 20.8 Å². The molecule has 0 radical (unpaired) electrons. The Morgan fingerprint density at radius 2 is 2.00 bits per heavy atom. The van der Waals surface area contributed by atoms with E-state index in [9.17, 15) is 4.79 Å². The fourth-order valence-corrected chi connectivity index (χ4v) is 1.76. The summed E-state index contributed by atoms with van der Waals surface area (Å²) in [4.78, 5) is 13.7. The fourth-order valence-electron chi connectivity index (χ4n) is 1.76. The summed E-state index contributed by atoms with van der Waals surface area (Å²) in [7, 11) is 0. The second-order valence-electron chi connectivity index (χ2n) is 4.31. The van der Waals surface area contributed by atoms with Gasteiger partial charge < -0.3 is 15.0 Å². The molecule has 0 bridgehead atoms. The van der Waals surface area contributed by atoms with Crippen molar-refractivity contribution in [3.05, 3.63) is 0 Å². The lowest BCUT2D eigenvalue weighted by atomic mass is 10.0. The largest absolute Gasteiger partial charge is 0.378 e. The molecule has 0 spiro atoms. The van der Waals surface area contributed by atoms with Gasteiger partial charge in [0.1, 0.15) is 0 Å². The van der Waals surface area contributed by atoms with Gasteiger partial charge in [0.05, 0.1) is 13.2 Å².